The fraction of sp³-hybridized carbons (Fsp3) is 0.222. The van der Waals surface area contributed by atoms with Gasteiger partial charge < -0.3 is 10.4 Å². The summed E-state index contributed by atoms with van der Waals surface area (Å²) in [6.07, 6.45) is -5.32. The minimum Gasteiger partial charge on any atom is -0.373 e. The van der Waals surface area contributed by atoms with Gasteiger partial charge in [0.15, 0.2) is 15.6 Å². The van der Waals surface area contributed by atoms with Crippen LogP contribution in [0.15, 0.2) is 41.3 Å². The van der Waals surface area contributed by atoms with Crippen LogP contribution in [0.25, 0.3) is 0 Å². The number of alkyl halides is 3. The second-order valence-corrected chi connectivity index (χ2v) is 8.55. The molecule has 6 nitrogen and oxygen atoms in total. The topological polar surface area (TPSA) is 101 Å². The highest BCUT2D eigenvalue weighted by molar-refractivity contribution is 7.90. The summed E-state index contributed by atoms with van der Waals surface area (Å²) in [5.41, 5.74) is -5.25. The summed E-state index contributed by atoms with van der Waals surface area (Å²) in [7, 11) is -4.14. The fourth-order valence-electron chi connectivity index (χ4n) is 2.80. The summed E-state index contributed by atoms with van der Waals surface area (Å²) >= 11 is 0. The Labute approximate surface area is 162 Å². The number of hydrogen-bond acceptors (Lipinski definition) is 5. The molecular formula is C18H13F4NO5S. The van der Waals surface area contributed by atoms with Gasteiger partial charge in [-0.1, -0.05) is 12.1 Å². The van der Waals surface area contributed by atoms with Gasteiger partial charge >= 0.3 is 6.18 Å². The molecule has 1 amide bonds. The third-order valence-corrected chi connectivity index (χ3v) is 6.19. The van der Waals surface area contributed by atoms with E-state index in [1.54, 1.807) is 5.32 Å². The number of fused-ring (bicyclic) bond motifs is 2. The highest BCUT2D eigenvalue weighted by Gasteiger charge is 2.56. The van der Waals surface area contributed by atoms with Crippen molar-refractivity contribution in [2.75, 3.05) is 5.32 Å². The molecule has 0 fully saturated rings. The average molecular weight is 431 g/mol. The monoisotopic (exact) mass is 431 g/mol. The maximum Gasteiger partial charge on any atom is 0.426 e. The van der Waals surface area contributed by atoms with Crippen LogP contribution in [0.2, 0.25) is 0 Å². The molecule has 0 saturated carbocycles. The van der Waals surface area contributed by atoms with E-state index < -0.39 is 61.0 Å². The molecule has 1 aliphatic rings. The SMILES string of the molecule is CC(O)(C(=O)Nc1cccc2c1C(=O)c1cc(F)ccc1CS2(=O)=O)C(F)(F)F. The number of carbonyl (C=O) groups is 2. The van der Waals surface area contributed by atoms with E-state index in [0.29, 0.717) is 0 Å². The summed E-state index contributed by atoms with van der Waals surface area (Å²) in [6.45, 7) is 0.215. The van der Waals surface area contributed by atoms with Crippen molar-refractivity contribution in [2.24, 2.45) is 0 Å². The van der Waals surface area contributed by atoms with Crippen molar-refractivity contribution in [1.29, 1.82) is 0 Å². The number of anilines is 1. The number of carbonyl (C=O) groups excluding carboxylic acids is 2. The smallest absolute Gasteiger partial charge is 0.373 e. The molecule has 1 atom stereocenters. The van der Waals surface area contributed by atoms with Crippen LogP contribution in [0.1, 0.15) is 28.4 Å². The molecule has 11 heteroatoms. The summed E-state index contributed by atoms with van der Waals surface area (Å²) < 4.78 is 77.8. The van der Waals surface area contributed by atoms with Gasteiger partial charge in [0.05, 0.1) is 21.9 Å². The Hall–Kier alpha value is -2.79. The van der Waals surface area contributed by atoms with Gasteiger partial charge in [-0.2, -0.15) is 13.2 Å². The van der Waals surface area contributed by atoms with Crippen molar-refractivity contribution < 1.29 is 40.7 Å². The molecule has 2 aromatic rings. The van der Waals surface area contributed by atoms with E-state index in [1.807, 2.05) is 0 Å². The van der Waals surface area contributed by atoms with Crippen LogP contribution in [-0.4, -0.2) is 37.0 Å². The van der Waals surface area contributed by atoms with Gasteiger partial charge in [-0.25, -0.2) is 12.8 Å². The Morgan fingerprint density at radius 2 is 1.83 bits per heavy atom. The molecule has 1 aliphatic heterocycles. The number of rotatable bonds is 2. The Morgan fingerprint density at radius 3 is 2.45 bits per heavy atom. The molecule has 0 spiro atoms. The van der Waals surface area contributed by atoms with E-state index in [4.69, 9.17) is 0 Å². The number of amides is 1. The zero-order valence-corrected chi connectivity index (χ0v) is 15.5. The molecule has 0 aliphatic carbocycles. The van der Waals surface area contributed by atoms with Gasteiger partial charge in [0.1, 0.15) is 5.82 Å². The van der Waals surface area contributed by atoms with E-state index in [0.717, 1.165) is 36.4 Å². The third kappa shape index (κ3) is 3.51. The number of sulfone groups is 1. The van der Waals surface area contributed by atoms with Crippen LogP contribution < -0.4 is 5.32 Å². The molecule has 0 aromatic heterocycles. The molecule has 29 heavy (non-hydrogen) atoms. The summed E-state index contributed by atoms with van der Waals surface area (Å²) in [5, 5.41) is 11.3. The number of nitrogens with one attached hydrogen (secondary N) is 1. The zero-order chi connectivity index (χ0) is 21.8. The number of benzene rings is 2. The second-order valence-electron chi connectivity index (χ2n) is 6.59. The number of hydrogen-bond donors (Lipinski definition) is 2. The van der Waals surface area contributed by atoms with Crippen LogP contribution in [0.4, 0.5) is 23.2 Å². The predicted molar refractivity (Wildman–Crippen MR) is 92.5 cm³/mol. The van der Waals surface area contributed by atoms with Crippen LogP contribution in [0.3, 0.4) is 0 Å². The molecule has 2 N–H and O–H groups in total. The molecule has 0 bridgehead atoms. The Bertz CT molecular complexity index is 1140. The van der Waals surface area contributed by atoms with Crippen molar-refractivity contribution in [3.63, 3.8) is 0 Å². The largest absolute Gasteiger partial charge is 0.426 e. The third-order valence-electron chi connectivity index (χ3n) is 4.49. The lowest BCUT2D eigenvalue weighted by atomic mass is 9.97. The van der Waals surface area contributed by atoms with Gasteiger partial charge in [-0.3, -0.25) is 9.59 Å². The van der Waals surface area contributed by atoms with Crippen molar-refractivity contribution >= 4 is 27.2 Å². The van der Waals surface area contributed by atoms with E-state index in [1.165, 1.54) is 0 Å². The minimum absolute atomic E-state index is 0.00663. The first kappa shape index (κ1) is 20.9. The number of halogens is 4. The normalized spacial score (nSPS) is 17.5. The molecule has 2 aromatic carbocycles. The van der Waals surface area contributed by atoms with Gasteiger partial charge in [0.25, 0.3) is 5.91 Å². The van der Waals surface area contributed by atoms with Crippen LogP contribution in [0, 0.1) is 5.82 Å². The summed E-state index contributed by atoms with van der Waals surface area (Å²) in [4.78, 5) is 24.4. The van der Waals surface area contributed by atoms with Gasteiger partial charge in [-0.05, 0) is 36.8 Å². The van der Waals surface area contributed by atoms with Crippen molar-refractivity contribution in [3.05, 3.63) is 58.9 Å². The summed E-state index contributed by atoms with van der Waals surface area (Å²) in [6, 6.07) is 6.10. The van der Waals surface area contributed by atoms with Crippen molar-refractivity contribution in [2.45, 2.75) is 29.3 Å². The van der Waals surface area contributed by atoms with Crippen LogP contribution >= 0.6 is 0 Å². The lowest BCUT2D eigenvalue weighted by molar-refractivity contribution is -0.242. The lowest BCUT2D eigenvalue weighted by Crippen LogP contribution is -2.52. The van der Waals surface area contributed by atoms with Crippen LogP contribution in [0.5, 0.6) is 0 Å². The van der Waals surface area contributed by atoms with E-state index >= 15 is 0 Å². The first-order valence-electron chi connectivity index (χ1n) is 8.05. The predicted octanol–water partition coefficient (Wildman–Crippen LogP) is 2.60. The first-order chi connectivity index (χ1) is 13.3. The quantitative estimate of drug-likeness (QED) is 0.712. The highest BCUT2D eigenvalue weighted by atomic mass is 32.2. The maximum atomic E-state index is 13.6. The van der Waals surface area contributed by atoms with E-state index in [-0.39, 0.29) is 18.1 Å². The van der Waals surface area contributed by atoms with Gasteiger partial charge in [0, 0.05) is 5.56 Å². The van der Waals surface area contributed by atoms with Gasteiger partial charge in [0.2, 0.25) is 5.60 Å². The molecule has 1 heterocycles. The van der Waals surface area contributed by atoms with E-state index in [9.17, 15) is 40.7 Å². The number of aliphatic hydroxyl groups is 1. The number of ketones is 1. The molecule has 0 saturated heterocycles. The standard InChI is InChI=1S/C18H13F4NO5S/c1-17(26,18(20,21)22)16(25)23-12-3-2-4-13-14(12)15(24)11-7-10(19)6-5-9(11)8-29(13,27)28/h2-7,26H,8H2,1H3,(H,23,25). The average Bonchev–Trinajstić information content (AvgIpc) is 2.68. The fourth-order valence-corrected chi connectivity index (χ4v) is 4.42. The Kier molecular flexibility index (Phi) is 4.79. The molecular weight excluding hydrogens is 418 g/mol. The first-order valence-corrected chi connectivity index (χ1v) is 9.70. The molecule has 3 rings (SSSR count). The minimum atomic E-state index is -5.32. The summed E-state index contributed by atoms with van der Waals surface area (Å²) in [5.74, 6) is -4.36. The zero-order valence-electron chi connectivity index (χ0n) is 14.7. The van der Waals surface area contributed by atoms with Crippen molar-refractivity contribution in [1.82, 2.24) is 0 Å². The highest BCUT2D eigenvalue weighted by Crippen LogP contribution is 2.36. The Morgan fingerprint density at radius 1 is 1.17 bits per heavy atom. The second kappa shape index (κ2) is 6.63. The molecule has 1 unspecified atom stereocenters. The lowest BCUT2D eigenvalue weighted by Gasteiger charge is -2.25. The molecule has 0 radical (unpaired) electrons. The van der Waals surface area contributed by atoms with Crippen molar-refractivity contribution in [3.8, 4) is 0 Å². The van der Waals surface area contributed by atoms with Gasteiger partial charge in [-0.15, -0.1) is 0 Å². The van der Waals surface area contributed by atoms with Crippen LogP contribution in [-0.2, 0) is 20.4 Å². The molecule has 154 valence electrons. The Balaban J connectivity index is 2.19. The van der Waals surface area contributed by atoms with E-state index in [2.05, 4.69) is 0 Å². The maximum absolute atomic E-state index is 13.6.